The van der Waals surface area contributed by atoms with Gasteiger partial charge in [-0.25, -0.2) is 9.37 Å². The SMILES string of the molecule is Fc1c(CCl)ccnc1N1CCCCc2ccccc21. The van der Waals surface area contributed by atoms with Crippen molar-refractivity contribution in [2.45, 2.75) is 25.1 Å². The smallest absolute Gasteiger partial charge is 0.170 e. The lowest BCUT2D eigenvalue weighted by atomic mass is 10.1. The summed E-state index contributed by atoms with van der Waals surface area (Å²) in [6.07, 6.45) is 4.80. The van der Waals surface area contributed by atoms with Crippen LogP contribution in [0.4, 0.5) is 15.9 Å². The van der Waals surface area contributed by atoms with E-state index in [4.69, 9.17) is 11.6 Å². The number of hydrogen-bond acceptors (Lipinski definition) is 2. The van der Waals surface area contributed by atoms with Crippen molar-refractivity contribution < 1.29 is 4.39 Å². The average molecular weight is 291 g/mol. The first-order chi connectivity index (χ1) is 9.81. The van der Waals surface area contributed by atoms with Crippen LogP contribution in [0.5, 0.6) is 0 Å². The highest BCUT2D eigenvalue weighted by Gasteiger charge is 2.21. The third kappa shape index (κ3) is 2.38. The van der Waals surface area contributed by atoms with E-state index < -0.39 is 0 Å². The maximum absolute atomic E-state index is 14.5. The maximum Gasteiger partial charge on any atom is 0.170 e. The number of hydrogen-bond donors (Lipinski definition) is 0. The molecule has 0 aliphatic carbocycles. The molecule has 0 bridgehead atoms. The Morgan fingerprint density at radius 2 is 2.05 bits per heavy atom. The number of alkyl halides is 1. The lowest BCUT2D eigenvalue weighted by molar-refractivity contribution is 0.605. The van der Waals surface area contributed by atoms with Crippen molar-refractivity contribution in [1.82, 2.24) is 4.98 Å². The van der Waals surface area contributed by atoms with Gasteiger partial charge in [-0.3, -0.25) is 0 Å². The van der Waals surface area contributed by atoms with Gasteiger partial charge in [-0.15, -0.1) is 11.6 Å². The number of anilines is 2. The van der Waals surface area contributed by atoms with Gasteiger partial charge in [0.2, 0.25) is 0 Å². The van der Waals surface area contributed by atoms with Crippen LogP contribution in [0, 0.1) is 5.82 Å². The fourth-order valence-electron chi connectivity index (χ4n) is 2.67. The molecular weight excluding hydrogens is 275 g/mol. The van der Waals surface area contributed by atoms with Gasteiger partial charge in [0.1, 0.15) is 0 Å². The summed E-state index contributed by atoms with van der Waals surface area (Å²) in [5.74, 6) is 0.244. The van der Waals surface area contributed by atoms with Crippen LogP contribution in [-0.2, 0) is 12.3 Å². The molecule has 0 amide bonds. The van der Waals surface area contributed by atoms with E-state index in [0.29, 0.717) is 11.4 Å². The molecule has 104 valence electrons. The lowest BCUT2D eigenvalue weighted by Crippen LogP contribution is -2.21. The van der Waals surface area contributed by atoms with Crippen LogP contribution in [0.2, 0.25) is 0 Å². The van der Waals surface area contributed by atoms with Gasteiger partial charge in [-0.05, 0) is 37.0 Å². The first-order valence-corrected chi connectivity index (χ1v) is 7.39. The first-order valence-electron chi connectivity index (χ1n) is 6.86. The number of nitrogens with zero attached hydrogens (tertiary/aromatic N) is 2. The third-order valence-electron chi connectivity index (χ3n) is 3.71. The quantitative estimate of drug-likeness (QED) is 0.761. The highest BCUT2D eigenvalue weighted by Crippen LogP contribution is 2.33. The Morgan fingerprint density at radius 1 is 1.20 bits per heavy atom. The Balaban J connectivity index is 2.10. The Bertz CT molecular complexity index is 615. The number of halogens is 2. The number of rotatable bonds is 2. The van der Waals surface area contributed by atoms with Gasteiger partial charge < -0.3 is 4.90 Å². The molecule has 0 unspecified atom stereocenters. The predicted molar refractivity (Wildman–Crippen MR) is 80.1 cm³/mol. The molecule has 1 aliphatic rings. The largest absolute Gasteiger partial charge is 0.324 e. The molecule has 0 fully saturated rings. The summed E-state index contributed by atoms with van der Waals surface area (Å²) in [4.78, 5) is 6.22. The van der Waals surface area contributed by atoms with Crippen molar-refractivity contribution in [3.05, 3.63) is 53.5 Å². The standard InChI is InChI=1S/C16H16ClFN2/c17-11-13-8-9-19-16(15(13)18)20-10-4-3-6-12-5-1-2-7-14(12)20/h1-2,5,7-9H,3-4,6,10-11H2. The van der Waals surface area contributed by atoms with Crippen LogP contribution in [0.1, 0.15) is 24.0 Å². The summed E-state index contributed by atoms with van der Waals surface area (Å²) in [7, 11) is 0. The molecule has 20 heavy (non-hydrogen) atoms. The molecule has 2 aromatic rings. The van der Waals surface area contributed by atoms with E-state index in [1.807, 2.05) is 23.1 Å². The van der Waals surface area contributed by atoms with Crippen LogP contribution >= 0.6 is 11.6 Å². The van der Waals surface area contributed by atoms with Gasteiger partial charge in [0.05, 0.1) is 5.88 Å². The van der Waals surface area contributed by atoms with E-state index in [0.717, 1.165) is 31.5 Å². The molecule has 0 spiro atoms. The van der Waals surface area contributed by atoms with Gasteiger partial charge >= 0.3 is 0 Å². The van der Waals surface area contributed by atoms with Crippen LogP contribution in [0.25, 0.3) is 0 Å². The molecule has 2 heterocycles. The summed E-state index contributed by atoms with van der Waals surface area (Å²) < 4.78 is 14.5. The molecule has 0 saturated heterocycles. The van der Waals surface area contributed by atoms with Crippen molar-refractivity contribution in [2.75, 3.05) is 11.4 Å². The number of aromatic nitrogens is 1. The summed E-state index contributed by atoms with van der Waals surface area (Å²) in [5, 5.41) is 0. The zero-order chi connectivity index (χ0) is 13.9. The number of aryl methyl sites for hydroxylation is 1. The highest BCUT2D eigenvalue weighted by atomic mass is 35.5. The van der Waals surface area contributed by atoms with E-state index in [-0.39, 0.29) is 11.7 Å². The molecule has 1 aromatic carbocycles. The average Bonchev–Trinajstić information content (AvgIpc) is 2.70. The van der Waals surface area contributed by atoms with E-state index in [2.05, 4.69) is 11.1 Å². The van der Waals surface area contributed by atoms with Gasteiger partial charge in [0, 0.05) is 24.0 Å². The van der Waals surface area contributed by atoms with Gasteiger partial charge in [0.15, 0.2) is 11.6 Å². The summed E-state index contributed by atoms with van der Waals surface area (Å²) in [6, 6.07) is 9.80. The molecule has 1 aromatic heterocycles. The molecule has 1 aliphatic heterocycles. The fourth-order valence-corrected chi connectivity index (χ4v) is 2.88. The fraction of sp³-hybridized carbons (Fsp3) is 0.312. The Labute approximate surface area is 123 Å². The molecular formula is C16H16ClFN2. The predicted octanol–water partition coefficient (Wildman–Crippen LogP) is 4.43. The van der Waals surface area contributed by atoms with Gasteiger partial charge in [-0.1, -0.05) is 18.2 Å². The van der Waals surface area contributed by atoms with Gasteiger partial charge in [0.25, 0.3) is 0 Å². The Hall–Kier alpha value is -1.61. The first kappa shape index (κ1) is 13.4. The molecule has 0 N–H and O–H groups in total. The Morgan fingerprint density at radius 3 is 2.90 bits per heavy atom. The minimum atomic E-state index is -0.306. The second kappa shape index (κ2) is 5.80. The third-order valence-corrected chi connectivity index (χ3v) is 4.00. The second-order valence-electron chi connectivity index (χ2n) is 4.98. The minimum Gasteiger partial charge on any atom is -0.324 e. The topological polar surface area (TPSA) is 16.1 Å². The highest BCUT2D eigenvalue weighted by molar-refractivity contribution is 6.17. The van der Waals surface area contributed by atoms with Crippen molar-refractivity contribution in [3.63, 3.8) is 0 Å². The van der Waals surface area contributed by atoms with Crippen LogP contribution < -0.4 is 4.90 Å². The maximum atomic E-state index is 14.5. The molecule has 0 radical (unpaired) electrons. The number of pyridine rings is 1. The second-order valence-corrected chi connectivity index (χ2v) is 5.25. The molecule has 2 nitrogen and oxygen atoms in total. The monoisotopic (exact) mass is 290 g/mol. The molecule has 0 atom stereocenters. The number of para-hydroxylation sites is 1. The van der Waals surface area contributed by atoms with Crippen LogP contribution in [0.15, 0.2) is 36.5 Å². The number of fused-ring (bicyclic) bond motifs is 1. The van der Waals surface area contributed by atoms with Crippen molar-refractivity contribution in [1.29, 1.82) is 0 Å². The number of benzene rings is 1. The van der Waals surface area contributed by atoms with Crippen LogP contribution in [0.3, 0.4) is 0 Å². The zero-order valence-corrected chi connectivity index (χ0v) is 11.9. The lowest BCUT2D eigenvalue weighted by Gasteiger charge is -2.24. The van der Waals surface area contributed by atoms with E-state index >= 15 is 0 Å². The summed E-state index contributed by atoms with van der Waals surface area (Å²) in [5.41, 5.74) is 2.81. The van der Waals surface area contributed by atoms with E-state index in [1.165, 1.54) is 5.56 Å². The Kier molecular flexibility index (Phi) is 3.88. The van der Waals surface area contributed by atoms with E-state index in [9.17, 15) is 4.39 Å². The summed E-state index contributed by atoms with van der Waals surface area (Å²) in [6.45, 7) is 0.784. The molecule has 4 heteroatoms. The van der Waals surface area contributed by atoms with Crippen molar-refractivity contribution in [2.24, 2.45) is 0 Å². The molecule has 0 saturated carbocycles. The minimum absolute atomic E-state index is 0.164. The van der Waals surface area contributed by atoms with Crippen LogP contribution in [-0.4, -0.2) is 11.5 Å². The summed E-state index contributed by atoms with van der Waals surface area (Å²) >= 11 is 5.79. The van der Waals surface area contributed by atoms with Gasteiger partial charge in [-0.2, -0.15) is 0 Å². The van der Waals surface area contributed by atoms with E-state index in [1.54, 1.807) is 12.3 Å². The zero-order valence-electron chi connectivity index (χ0n) is 11.1. The molecule has 3 rings (SSSR count). The normalized spacial score (nSPS) is 14.8. The van der Waals surface area contributed by atoms with Crippen molar-refractivity contribution in [3.8, 4) is 0 Å². The van der Waals surface area contributed by atoms with Crippen molar-refractivity contribution >= 4 is 23.1 Å².